The molecule has 0 aliphatic heterocycles. The van der Waals surface area contributed by atoms with Crippen molar-refractivity contribution in [1.82, 2.24) is 10.1 Å². The normalized spacial score (nSPS) is 10.7. The van der Waals surface area contributed by atoms with Crippen molar-refractivity contribution < 1.29 is 9.26 Å². The zero-order valence-corrected chi connectivity index (χ0v) is 14.1. The number of rotatable bonds is 4. The number of aryl methyl sites for hydroxylation is 1. The number of halogens is 2. The molecule has 22 heavy (non-hydrogen) atoms. The predicted molar refractivity (Wildman–Crippen MR) is 88.0 cm³/mol. The molecule has 0 atom stereocenters. The van der Waals surface area contributed by atoms with Crippen molar-refractivity contribution in [1.29, 1.82) is 0 Å². The number of aromatic nitrogens is 2. The van der Waals surface area contributed by atoms with Crippen LogP contribution < -0.4 is 4.74 Å². The van der Waals surface area contributed by atoms with Gasteiger partial charge in [-0.3, -0.25) is 0 Å². The Morgan fingerprint density at radius 1 is 1.23 bits per heavy atom. The van der Waals surface area contributed by atoms with Gasteiger partial charge in [-0.15, -0.1) is 0 Å². The molecule has 0 radical (unpaired) electrons. The molecule has 0 amide bonds. The largest absolute Gasteiger partial charge is 0.483 e. The van der Waals surface area contributed by atoms with Crippen molar-refractivity contribution in [2.75, 3.05) is 0 Å². The highest BCUT2D eigenvalue weighted by Gasteiger charge is 2.12. The summed E-state index contributed by atoms with van der Waals surface area (Å²) in [5.74, 6) is 1.63. The zero-order valence-electron chi connectivity index (χ0n) is 11.7. The van der Waals surface area contributed by atoms with Crippen LogP contribution in [0.2, 0.25) is 5.02 Å². The fourth-order valence-electron chi connectivity index (χ4n) is 1.98. The molecule has 3 rings (SSSR count). The molecule has 6 heteroatoms. The molecule has 1 heterocycles. The molecule has 2 aromatic carbocycles. The van der Waals surface area contributed by atoms with Gasteiger partial charge in [-0.05, 0) is 42.8 Å². The third-order valence-corrected chi connectivity index (χ3v) is 3.89. The van der Waals surface area contributed by atoms with Crippen molar-refractivity contribution in [2.24, 2.45) is 0 Å². The van der Waals surface area contributed by atoms with Crippen LogP contribution >= 0.6 is 27.5 Å². The van der Waals surface area contributed by atoms with E-state index >= 15 is 0 Å². The van der Waals surface area contributed by atoms with Crippen LogP contribution in [-0.2, 0) is 6.61 Å². The van der Waals surface area contributed by atoms with E-state index in [1.54, 1.807) is 6.07 Å². The summed E-state index contributed by atoms with van der Waals surface area (Å²) in [7, 11) is 0. The Morgan fingerprint density at radius 2 is 2.05 bits per heavy atom. The van der Waals surface area contributed by atoms with Gasteiger partial charge in [0, 0.05) is 10.0 Å². The smallest absolute Gasteiger partial charge is 0.264 e. The Balaban J connectivity index is 1.74. The van der Waals surface area contributed by atoms with Gasteiger partial charge in [0.15, 0.2) is 6.61 Å². The van der Waals surface area contributed by atoms with Gasteiger partial charge in [0.25, 0.3) is 5.89 Å². The Hall–Kier alpha value is -1.85. The van der Waals surface area contributed by atoms with E-state index in [-0.39, 0.29) is 6.61 Å². The first-order valence-electron chi connectivity index (χ1n) is 6.60. The van der Waals surface area contributed by atoms with Crippen LogP contribution in [0, 0.1) is 6.92 Å². The van der Waals surface area contributed by atoms with E-state index in [1.807, 2.05) is 43.3 Å². The van der Waals surface area contributed by atoms with Gasteiger partial charge in [0.1, 0.15) is 5.75 Å². The Labute approximate surface area is 141 Å². The average Bonchev–Trinajstić information content (AvgIpc) is 2.95. The fourth-order valence-corrected chi connectivity index (χ4v) is 2.68. The number of ether oxygens (including phenoxy) is 1. The van der Waals surface area contributed by atoms with Crippen LogP contribution in [0.5, 0.6) is 5.75 Å². The quantitative estimate of drug-likeness (QED) is 0.637. The first-order valence-corrected chi connectivity index (χ1v) is 7.77. The molecule has 0 saturated heterocycles. The number of benzene rings is 2. The van der Waals surface area contributed by atoms with Crippen LogP contribution in [0.3, 0.4) is 0 Å². The molecule has 0 aliphatic rings. The summed E-state index contributed by atoms with van der Waals surface area (Å²) >= 11 is 9.54. The lowest BCUT2D eigenvalue weighted by Gasteiger charge is -2.06. The van der Waals surface area contributed by atoms with E-state index in [9.17, 15) is 0 Å². The minimum atomic E-state index is 0.208. The summed E-state index contributed by atoms with van der Waals surface area (Å²) in [5.41, 5.74) is 1.76. The lowest BCUT2D eigenvalue weighted by Crippen LogP contribution is -1.97. The third-order valence-electron chi connectivity index (χ3n) is 3.07. The van der Waals surface area contributed by atoms with E-state index < -0.39 is 0 Å². The van der Waals surface area contributed by atoms with Crippen LogP contribution in [0.25, 0.3) is 11.4 Å². The Kier molecular flexibility index (Phi) is 4.45. The standard InChI is InChI=1S/C16H12BrClN2O2/c1-10-8-11(17)6-7-14(10)21-9-15-19-16(20-22-15)12-4-2-3-5-13(12)18/h2-8H,9H2,1H3. The Morgan fingerprint density at radius 3 is 2.82 bits per heavy atom. The molecule has 112 valence electrons. The van der Waals surface area contributed by atoms with Gasteiger partial charge in [-0.1, -0.05) is 44.8 Å². The molecule has 1 aromatic heterocycles. The SMILES string of the molecule is Cc1cc(Br)ccc1OCc1nc(-c2ccccc2Cl)no1. The van der Waals surface area contributed by atoms with Crippen molar-refractivity contribution in [3.8, 4) is 17.1 Å². The average molecular weight is 380 g/mol. The summed E-state index contributed by atoms with van der Waals surface area (Å²) in [6.07, 6.45) is 0. The van der Waals surface area contributed by atoms with Gasteiger partial charge in [-0.25, -0.2) is 0 Å². The molecule has 0 bridgehead atoms. The molecule has 4 nitrogen and oxygen atoms in total. The van der Waals surface area contributed by atoms with E-state index in [2.05, 4.69) is 26.1 Å². The molecule has 0 saturated carbocycles. The highest BCUT2D eigenvalue weighted by atomic mass is 79.9. The zero-order chi connectivity index (χ0) is 15.5. The van der Waals surface area contributed by atoms with Gasteiger partial charge in [-0.2, -0.15) is 4.98 Å². The summed E-state index contributed by atoms with van der Waals surface area (Å²) in [6.45, 7) is 2.18. The predicted octanol–water partition coefficient (Wildman–Crippen LogP) is 5.04. The number of hydrogen-bond acceptors (Lipinski definition) is 4. The molecule has 0 aliphatic carbocycles. The van der Waals surface area contributed by atoms with Crippen molar-refractivity contribution in [2.45, 2.75) is 13.5 Å². The highest BCUT2D eigenvalue weighted by Crippen LogP contribution is 2.26. The maximum Gasteiger partial charge on any atom is 0.264 e. The molecule has 0 unspecified atom stereocenters. The first-order chi connectivity index (χ1) is 10.6. The van der Waals surface area contributed by atoms with Gasteiger partial charge in [0.2, 0.25) is 5.82 Å². The summed E-state index contributed by atoms with van der Waals surface area (Å²) in [4.78, 5) is 4.31. The second kappa shape index (κ2) is 6.50. The minimum absolute atomic E-state index is 0.208. The van der Waals surface area contributed by atoms with E-state index in [0.717, 1.165) is 21.3 Å². The van der Waals surface area contributed by atoms with Crippen LogP contribution in [0.15, 0.2) is 51.5 Å². The van der Waals surface area contributed by atoms with Crippen LogP contribution in [-0.4, -0.2) is 10.1 Å². The second-order valence-corrected chi connectivity index (χ2v) is 6.01. The van der Waals surface area contributed by atoms with Crippen molar-refractivity contribution in [3.63, 3.8) is 0 Å². The minimum Gasteiger partial charge on any atom is -0.483 e. The fraction of sp³-hybridized carbons (Fsp3) is 0.125. The summed E-state index contributed by atoms with van der Waals surface area (Å²) in [5, 5.41) is 4.52. The van der Waals surface area contributed by atoms with E-state index in [0.29, 0.717) is 16.7 Å². The summed E-state index contributed by atoms with van der Waals surface area (Å²) in [6, 6.07) is 13.2. The van der Waals surface area contributed by atoms with E-state index in [4.69, 9.17) is 20.9 Å². The lowest BCUT2D eigenvalue weighted by molar-refractivity contribution is 0.241. The molecule has 3 aromatic rings. The topological polar surface area (TPSA) is 48.2 Å². The molecule has 0 fully saturated rings. The molecule has 0 N–H and O–H groups in total. The van der Waals surface area contributed by atoms with Gasteiger partial charge >= 0.3 is 0 Å². The first kappa shape index (κ1) is 15.1. The second-order valence-electron chi connectivity index (χ2n) is 4.69. The lowest BCUT2D eigenvalue weighted by atomic mass is 10.2. The molecular formula is C16H12BrClN2O2. The number of hydrogen-bond donors (Lipinski definition) is 0. The van der Waals surface area contributed by atoms with Gasteiger partial charge < -0.3 is 9.26 Å². The van der Waals surface area contributed by atoms with Crippen LogP contribution in [0.4, 0.5) is 0 Å². The monoisotopic (exact) mass is 378 g/mol. The molecular weight excluding hydrogens is 368 g/mol. The van der Waals surface area contributed by atoms with Crippen molar-refractivity contribution in [3.05, 3.63) is 63.4 Å². The maximum absolute atomic E-state index is 6.12. The molecule has 0 spiro atoms. The highest BCUT2D eigenvalue weighted by molar-refractivity contribution is 9.10. The van der Waals surface area contributed by atoms with Crippen molar-refractivity contribution >= 4 is 27.5 Å². The van der Waals surface area contributed by atoms with Crippen LogP contribution in [0.1, 0.15) is 11.5 Å². The Bertz CT molecular complexity index is 804. The summed E-state index contributed by atoms with van der Waals surface area (Å²) < 4.78 is 11.9. The third kappa shape index (κ3) is 3.31. The van der Waals surface area contributed by atoms with E-state index in [1.165, 1.54) is 0 Å². The number of nitrogens with zero attached hydrogens (tertiary/aromatic N) is 2. The van der Waals surface area contributed by atoms with Gasteiger partial charge in [0.05, 0.1) is 5.02 Å². The maximum atomic E-state index is 6.12.